The number of halogens is 3. The normalized spacial score (nSPS) is 10.3. The zero-order chi connectivity index (χ0) is 14.9. The van der Waals surface area contributed by atoms with E-state index in [-0.39, 0.29) is 16.9 Å². The van der Waals surface area contributed by atoms with Gasteiger partial charge in [0.15, 0.2) is 11.6 Å². The fraction of sp³-hybridized carbons (Fsp3) is 0. The van der Waals surface area contributed by atoms with Crippen molar-refractivity contribution < 1.29 is 18.0 Å². The summed E-state index contributed by atoms with van der Waals surface area (Å²) in [5, 5.41) is 2.41. The number of nitrogens with two attached hydrogens (primary N) is 2. The Bertz CT molecular complexity index is 666. The molecular formula is C13H10F3N3O. The van der Waals surface area contributed by atoms with E-state index in [1.165, 1.54) is 18.2 Å². The summed E-state index contributed by atoms with van der Waals surface area (Å²) in [6, 6.07) is 5.10. The molecule has 0 spiro atoms. The lowest BCUT2D eigenvalue weighted by atomic mass is 10.1. The first kappa shape index (κ1) is 13.7. The monoisotopic (exact) mass is 281 g/mol. The number of amides is 1. The van der Waals surface area contributed by atoms with Crippen LogP contribution in [0.25, 0.3) is 0 Å². The van der Waals surface area contributed by atoms with Crippen molar-refractivity contribution in [1.29, 1.82) is 0 Å². The molecule has 0 saturated carbocycles. The molecule has 0 aromatic heterocycles. The van der Waals surface area contributed by atoms with Crippen LogP contribution in [0.15, 0.2) is 30.3 Å². The van der Waals surface area contributed by atoms with Crippen LogP contribution in [0.4, 0.5) is 30.2 Å². The van der Waals surface area contributed by atoms with Gasteiger partial charge in [0.25, 0.3) is 5.91 Å². The Kier molecular flexibility index (Phi) is 3.51. The van der Waals surface area contributed by atoms with Crippen molar-refractivity contribution in [3.8, 4) is 0 Å². The number of nitrogens with one attached hydrogen (secondary N) is 1. The maximum atomic E-state index is 13.5. The minimum absolute atomic E-state index is 0.0120. The van der Waals surface area contributed by atoms with Gasteiger partial charge in [-0.25, -0.2) is 13.2 Å². The molecule has 0 fully saturated rings. The van der Waals surface area contributed by atoms with Gasteiger partial charge in [0.2, 0.25) is 0 Å². The van der Waals surface area contributed by atoms with Gasteiger partial charge in [0.1, 0.15) is 11.5 Å². The van der Waals surface area contributed by atoms with Gasteiger partial charge in [0.05, 0.1) is 5.56 Å². The third-order valence-electron chi connectivity index (χ3n) is 2.59. The second kappa shape index (κ2) is 5.12. The molecule has 0 aliphatic carbocycles. The molecule has 7 heteroatoms. The van der Waals surface area contributed by atoms with E-state index >= 15 is 0 Å². The van der Waals surface area contributed by atoms with Crippen LogP contribution < -0.4 is 16.8 Å². The lowest BCUT2D eigenvalue weighted by Crippen LogP contribution is -2.13. The first-order valence-electron chi connectivity index (χ1n) is 5.49. The molecule has 2 aromatic carbocycles. The number of rotatable bonds is 3. The average Bonchev–Trinajstić information content (AvgIpc) is 2.35. The molecule has 2 aromatic rings. The highest BCUT2D eigenvalue weighted by atomic mass is 19.1. The molecule has 5 N–H and O–H groups in total. The Balaban J connectivity index is 2.41. The highest BCUT2D eigenvalue weighted by molar-refractivity contribution is 5.99. The fourth-order valence-corrected chi connectivity index (χ4v) is 1.65. The largest absolute Gasteiger partial charge is 0.398 e. The van der Waals surface area contributed by atoms with E-state index in [4.69, 9.17) is 11.5 Å². The lowest BCUT2D eigenvalue weighted by Gasteiger charge is -2.11. The third kappa shape index (κ3) is 2.66. The predicted octanol–water partition coefficient (Wildman–Crippen LogP) is 2.53. The zero-order valence-corrected chi connectivity index (χ0v) is 10.1. The molecule has 0 radical (unpaired) electrons. The van der Waals surface area contributed by atoms with E-state index in [1.54, 1.807) is 0 Å². The molecule has 0 bridgehead atoms. The molecule has 0 atom stereocenters. The molecule has 0 aliphatic rings. The van der Waals surface area contributed by atoms with Crippen molar-refractivity contribution in [1.82, 2.24) is 0 Å². The number of primary amides is 1. The molecule has 0 aliphatic heterocycles. The maximum Gasteiger partial charge on any atom is 0.250 e. The number of hydrogen-bond donors (Lipinski definition) is 3. The second-order valence-electron chi connectivity index (χ2n) is 4.04. The van der Waals surface area contributed by atoms with Gasteiger partial charge in [-0.1, -0.05) is 0 Å². The van der Waals surface area contributed by atoms with Crippen LogP contribution in [0, 0.1) is 17.5 Å². The van der Waals surface area contributed by atoms with Gasteiger partial charge in [-0.15, -0.1) is 0 Å². The van der Waals surface area contributed by atoms with Gasteiger partial charge < -0.3 is 16.8 Å². The summed E-state index contributed by atoms with van der Waals surface area (Å²) in [4.78, 5) is 11.1. The molecule has 2 rings (SSSR count). The Hall–Kier alpha value is -2.70. The van der Waals surface area contributed by atoms with Gasteiger partial charge in [-0.05, 0) is 18.2 Å². The van der Waals surface area contributed by atoms with Gasteiger partial charge in [0, 0.05) is 23.5 Å². The highest BCUT2D eigenvalue weighted by Gasteiger charge is 2.13. The molecule has 0 unspecified atom stereocenters. The topological polar surface area (TPSA) is 81.1 Å². The minimum Gasteiger partial charge on any atom is -0.398 e. The quantitative estimate of drug-likeness (QED) is 0.756. The summed E-state index contributed by atoms with van der Waals surface area (Å²) < 4.78 is 39.7. The Morgan fingerprint density at radius 3 is 2.20 bits per heavy atom. The van der Waals surface area contributed by atoms with Gasteiger partial charge in [-0.2, -0.15) is 0 Å². The van der Waals surface area contributed by atoms with Crippen molar-refractivity contribution >= 4 is 23.0 Å². The summed E-state index contributed by atoms with van der Waals surface area (Å²) in [6.45, 7) is 0. The van der Waals surface area contributed by atoms with Gasteiger partial charge >= 0.3 is 0 Å². The van der Waals surface area contributed by atoms with Crippen molar-refractivity contribution in [2.75, 3.05) is 11.1 Å². The van der Waals surface area contributed by atoms with Crippen LogP contribution in [0.3, 0.4) is 0 Å². The Labute approximate surface area is 112 Å². The van der Waals surface area contributed by atoms with E-state index in [0.717, 1.165) is 0 Å². The standard InChI is InChI=1S/C13H10F3N3O/c14-6-3-9(15)12(10(16)4-6)19-7-1-2-11(17)8(5-7)13(18)20/h1-5,19H,17H2,(H2,18,20). The van der Waals surface area contributed by atoms with Crippen molar-refractivity contribution in [2.24, 2.45) is 5.73 Å². The first-order chi connectivity index (χ1) is 9.38. The molecule has 0 heterocycles. The van der Waals surface area contributed by atoms with E-state index in [1.807, 2.05) is 0 Å². The highest BCUT2D eigenvalue weighted by Crippen LogP contribution is 2.26. The number of hydrogen-bond acceptors (Lipinski definition) is 3. The van der Waals surface area contributed by atoms with Crippen LogP contribution in [0.1, 0.15) is 10.4 Å². The molecule has 20 heavy (non-hydrogen) atoms. The summed E-state index contributed by atoms with van der Waals surface area (Å²) >= 11 is 0. The van der Waals surface area contributed by atoms with Crippen molar-refractivity contribution in [2.45, 2.75) is 0 Å². The van der Waals surface area contributed by atoms with Crippen molar-refractivity contribution in [3.05, 3.63) is 53.3 Å². The number of carbonyl (C=O) groups excluding carboxylic acids is 1. The SMILES string of the molecule is NC(=O)c1cc(Nc2c(F)cc(F)cc2F)ccc1N. The zero-order valence-electron chi connectivity index (χ0n) is 10.1. The van der Waals surface area contributed by atoms with Crippen LogP contribution in [-0.2, 0) is 0 Å². The first-order valence-corrected chi connectivity index (χ1v) is 5.49. The summed E-state index contributed by atoms with van der Waals surface area (Å²) in [5.41, 5.74) is 10.5. The van der Waals surface area contributed by atoms with E-state index < -0.39 is 29.0 Å². The molecule has 104 valence electrons. The second-order valence-corrected chi connectivity index (χ2v) is 4.04. The van der Waals surface area contributed by atoms with Crippen LogP contribution in [0.2, 0.25) is 0 Å². The van der Waals surface area contributed by atoms with Crippen LogP contribution in [-0.4, -0.2) is 5.91 Å². The number of nitrogen functional groups attached to an aromatic ring is 1. The summed E-state index contributed by atoms with van der Waals surface area (Å²) in [5.74, 6) is -3.99. The Morgan fingerprint density at radius 2 is 1.65 bits per heavy atom. The van der Waals surface area contributed by atoms with Crippen LogP contribution >= 0.6 is 0 Å². The third-order valence-corrected chi connectivity index (χ3v) is 2.59. The number of benzene rings is 2. The van der Waals surface area contributed by atoms with Crippen LogP contribution in [0.5, 0.6) is 0 Å². The molecule has 0 saturated heterocycles. The fourth-order valence-electron chi connectivity index (χ4n) is 1.65. The Morgan fingerprint density at radius 1 is 1.05 bits per heavy atom. The van der Waals surface area contributed by atoms with Gasteiger partial charge in [-0.3, -0.25) is 4.79 Å². The maximum absolute atomic E-state index is 13.5. The lowest BCUT2D eigenvalue weighted by molar-refractivity contribution is 0.100. The molecule has 1 amide bonds. The minimum atomic E-state index is -1.10. The number of carbonyl (C=O) groups is 1. The van der Waals surface area contributed by atoms with Crippen molar-refractivity contribution in [3.63, 3.8) is 0 Å². The molecule has 4 nitrogen and oxygen atoms in total. The summed E-state index contributed by atoms with van der Waals surface area (Å²) in [7, 11) is 0. The van der Waals surface area contributed by atoms with E-state index in [0.29, 0.717) is 12.1 Å². The molecular weight excluding hydrogens is 271 g/mol. The smallest absolute Gasteiger partial charge is 0.250 e. The van der Waals surface area contributed by atoms with E-state index in [2.05, 4.69) is 5.32 Å². The summed E-state index contributed by atoms with van der Waals surface area (Å²) in [6.07, 6.45) is 0. The van der Waals surface area contributed by atoms with E-state index in [9.17, 15) is 18.0 Å². The predicted molar refractivity (Wildman–Crippen MR) is 69.0 cm³/mol. The number of anilines is 3. The average molecular weight is 281 g/mol.